The summed E-state index contributed by atoms with van der Waals surface area (Å²) in [5.41, 5.74) is -0.554. The third-order valence-corrected chi connectivity index (χ3v) is 5.29. The van der Waals surface area contributed by atoms with Gasteiger partial charge in [-0.15, -0.1) is 0 Å². The van der Waals surface area contributed by atoms with Crippen molar-refractivity contribution < 1.29 is 13.5 Å². The van der Waals surface area contributed by atoms with E-state index in [9.17, 15) is 13.5 Å². The van der Waals surface area contributed by atoms with E-state index in [0.29, 0.717) is 12.3 Å². The molecule has 88 valence electrons. The third kappa shape index (κ3) is 2.92. The van der Waals surface area contributed by atoms with E-state index in [-0.39, 0.29) is 11.8 Å². The molecule has 5 heteroatoms. The van der Waals surface area contributed by atoms with Crippen LogP contribution in [0.3, 0.4) is 0 Å². The Kier molecular flexibility index (Phi) is 3.05. The molecule has 15 heavy (non-hydrogen) atoms. The van der Waals surface area contributed by atoms with Gasteiger partial charge in [0.15, 0.2) is 9.84 Å². The highest BCUT2D eigenvalue weighted by Gasteiger charge is 2.35. The molecule has 1 heterocycles. The topological polar surface area (TPSA) is 66.4 Å². The molecule has 1 aliphatic carbocycles. The van der Waals surface area contributed by atoms with Crippen molar-refractivity contribution in [2.45, 2.75) is 43.7 Å². The smallest absolute Gasteiger partial charge is 0.151 e. The first-order valence-electron chi connectivity index (χ1n) is 5.65. The van der Waals surface area contributed by atoms with E-state index in [1.807, 2.05) is 0 Å². The van der Waals surface area contributed by atoms with Crippen LogP contribution >= 0.6 is 0 Å². The lowest BCUT2D eigenvalue weighted by Crippen LogP contribution is -2.51. The molecule has 0 aromatic rings. The van der Waals surface area contributed by atoms with E-state index in [1.54, 1.807) is 0 Å². The zero-order valence-electron chi connectivity index (χ0n) is 8.91. The summed E-state index contributed by atoms with van der Waals surface area (Å²) in [5.74, 6) is 0.568. The highest BCUT2D eigenvalue weighted by molar-refractivity contribution is 7.91. The van der Waals surface area contributed by atoms with Gasteiger partial charge in [0.25, 0.3) is 0 Å². The van der Waals surface area contributed by atoms with Crippen molar-refractivity contribution in [3.63, 3.8) is 0 Å². The van der Waals surface area contributed by atoms with Gasteiger partial charge in [0, 0.05) is 12.6 Å². The van der Waals surface area contributed by atoms with E-state index >= 15 is 0 Å². The third-order valence-electron chi connectivity index (χ3n) is 3.47. The lowest BCUT2D eigenvalue weighted by atomic mass is 9.80. The van der Waals surface area contributed by atoms with E-state index in [0.717, 1.165) is 32.1 Å². The van der Waals surface area contributed by atoms with Crippen LogP contribution in [-0.2, 0) is 9.84 Å². The maximum Gasteiger partial charge on any atom is 0.151 e. The lowest BCUT2D eigenvalue weighted by molar-refractivity contribution is -0.0330. The van der Waals surface area contributed by atoms with Crippen molar-refractivity contribution in [1.82, 2.24) is 5.32 Å². The van der Waals surface area contributed by atoms with Crippen LogP contribution in [0.2, 0.25) is 0 Å². The maximum absolute atomic E-state index is 11.4. The van der Waals surface area contributed by atoms with Gasteiger partial charge in [0.2, 0.25) is 0 Å². The van der Waals surface area contributed by atoms with Crippen molar-refractivity contribution >= 4 is 9.84 Å². The van der Waals surface area contributed by atoms with Gasteiger partial charge in [-0.2, -0.15) is 0 Å². The van der Waals surface area contributed by atoms with Gasteiger partial charge < -0.3 is 10.4 Å². The second-order valence-corrected chi connectivity index (χ2v) is 7.14. The predicted octanol–water partition coefficient (Wildman–Crippen LogP) is 0.0682. The molecule has 1 aliphatic heterocycles. The summed E-state index contributed by atoms with van der Waals surface area (Å²) in [6.07, 6.45) is 4.44. The van der Waals surface area contributed by atoms with Crippen LogP contribution in [0.1, 0.15) is 32.1 Å². The highest BCUT2D eigenvalue weighted by atomic mass is 32.2. The zero-order chi connectivity index (χ0) is 10.9. The number of rotatable bonds is 3. The molecule has 1 unspecified atom stereocenters. The van der Waals surface area contributed by atoms with Crippen LogP contribution in [0.15, 0.2) is 0 Å². The molecule has 1 atom stereocenters. The highest BCUT2D eigenvalue weighted by Crippen LogP contribution is 2.30. The molecule has 0 aromatic carbocycles. The molecular weight excluding hydrogens is 214 g/mol. The van der Waals surface area contributed by atoms with Crippen molar-refractivity contribution in [2.24, 2.45) is 0 Å². The average Bonchev–Trinajstić information content (AvgIpc) is 2.10. The van der Waals surface area contributed by atoms with Gasteiger partial charge in [0.1, 0.15) is 0 Å². The minimum absolute atomic E-state index is 0.0494. The van der Waals surface area contributed by atoms with Gasteiger partial charge in [-0.25, -0.2) is 8.42 Å². The normalized spacial score (nSPS) is 33.3. The first-order valence-corrected chi connectivity index (χ1v) is 7.48. The first-order chi connectivity index (χ1) is 6.99. The molecule has 0 spiro atoms. The van der Waals surface area contributed by atoms with E-state index < -0.39 is 15.4 Å². The van der Waals surface area contributed by atoms with Crippen molar-refractivity contribution in [1.29, 1.82) is 0 Å². The molecule has 0 amide bonds. The van der Waals surface area contributed by atoms with Crippen LogP contribution in [0, 0.1) is 0 Å². The number of hydrogen-bond donors (Lipinski definition) is 2. The predicted molar refractivity (Wildman–Crippen MR) is 58.5 cm³/mol. The molecule has 0 radical (unpaired) electrons. The second-order valence-electron chi connectivity index (χ2n) is 4.91. The Labute approximate surface area is 91.0 Å². The second kappa shape index (κ2) is 4.03. The van der Waals surface area contributed by atoms with E-state index in [2.05, 4.69) is 5.32 Å². The summed E-state index contributed by atoms with van der Waals surface area (Å²) >= 11 is 0. The summed E-state index contributed by atoms with van der Waals surface area (Å²) < 4.78 is 22.7. The number of sulfone groups is 1. The van der Waals surface area contributed by atoms with E-state index in [4.69, 9.17) is 0 Å². The minimum atomic E-state index is -2.83. The van der Waals surface area contributed by atoms with Gasteiger partial charge in [0.05, 0.1) is 17.1 Å². The number of aliphatic hydroxyl groups is 1. The number of nitrogens with one attached hydrogen (secondary N) is 1. The fourth-order valence-electron chi connectivity index (χ4n) is 2.28. The molecule has 2 N–H and O–H groups in total. The molecule has 2 fully saturated rings. The standard InChI is InChI=1S/C10H19NO3S/c12-10(4-2-5-10)8-11-9-3-1-6-15(13,14)7-9/h9,11-12H,1-8H2. The van der Waals surface area contributed by atoms with E-state index in [1.165, 1.54) is 0 Å². The summed E-state index contributed by atoms with van der Waals surface area (Å²) in [6.45, 7) is 0.549. The summed E-state index contributed by atoms with van der Waals surface area (Å²) in [5, 5.41) is 13.0. The molecule has 0 bridgehead atoms. The Morgan fingerprint density at radius 3 is 2.60 bits per heavy atom. The Balaban J connectivity index is 1.79. The van der Waals surface area contributed by atoms with Gasteiger partial charge >= 0.3 is 0 Å². The van der Waals surface area contributed by atoms with Crippen LogP contribution in [0.5, 0.6) is 0 Å². The summed E-state index contributed by atoms with van der Waals surface area (Å²) in [6, 6.07) is 0.0494. The Bertz CT molecular complexity index is 322. The first kappa shape index (κ1) is 11.4. The van der Waals surface area contributed by atoms with Crippen molar-refractivity contribution in [3.8, 4) is 0 Å². The van der Waals surface area contributed by atoms with Crippen molar-refractivity contribution in [3.05, 3.63) is 0 Å². The monoisotopic (exact) mass is 233 g/mol. The Morgan fingerprint density at radius 2 is 2.07 bits per heavy atom. The van der Waals surface area contributed by atoms with Gasteiger partial charge in [-0.1, -0.05) is 0 Å². The quantitative estimate of drug-likeness (QED) is 0.724. The van der Waals surface area contributed by atoms with Crippen LogP contribution < -0.4 is 5.32 Å². The SMILES string of the molecule is O=S1(=O)CCCC(NCC2(O)CCC2)C1. The van der Waals surface area contributed by atoms with Crippen molar-refractivity contribution in [2.75, 3.05) is 18.1 Å². The Morgan fingerprint density at radius 1 is 1.33 bits per heavy atom. The molecule has 2 rings (SSSR count). The van der Waals surface area contributed by atoms with Gasteiger partial charge in [-0.3, -0.25) is 0 Å². The maximum atomic E-state index is 11.4. The van der Waals surface area contributed by atoms with Gasteiger partial charge in [-0.05, 0) is 32.1 Å². The molecular formula is C10H19NO3S. The van der Waals surface area contributed by atoms with Crippen LogP contribution in [-0.4, -0.2) is 43.2 Å². The molecule has 4 nitrogen and oxygen atoms in total. The molecule has 2 aliphatic rings. The minimum Gasteiger partial charge on any atom is -0.389 e. The summed E-state index contributed by atoms with van der Waals surface area (Å²) in [7, 11) is -2.83. The van der Waals surface area contributed by atoms with Crippen LogP contribution in [0.25, 0.3) is 0 Å². The molecule has 0 aromatic heterocycles. The molecule has 1 saturated carbocycles. The Hall–Kier alpha value is -0.130. The number of hydrogen-bond acceptors (Lipinski definition) is 4. The lowest BCUT2D eigenvalue weighted by Gasteiger charge is -2.38. The molecule has 1 saturated heterocycles. The fraction of sp³-hybridized carbons (Fsp3) is 1.00. The average molecular weight is 233 g/mol. The van der Waals surface area contributed by atoms with Crippen LogP contribution in [0.4, 0.5) is 0 Å². The largest absolute Gasteiger partial charge is 0.389 e. The summed E-state index contributed by atoms with van der Waals surface area (Å²) in [4.78, 5) is 0. The zero-order valence-corrected chi connectivity index (χ0v) is 9.72. The fourth-order valence-corrected chi connectivity index (χ4v) is 3.95.